The van der Waals surface area contributed by atoms with Crippen molar-refractivity contribution in [3.63, 3.8) is 0 Å². The first-order valence-corrected chi connectivity index (χ1v) is 11.9. The molecular formula is C19H36O10Si. The van der Waals surface area contributed by atoms with Crippen LogP contribution in [0.4, 0.5) is 0 Å². The normalized spacial score (nSPS) is 12.9. The maximum absolute atomic E-state index is 12.4. The third-order valence-electron chi connectivity index (χ3n) is 3.64. The maximum atomic E-state index is 12.4. The number of hydrogen-bond donors (Lipinski definition) is 0. The van der Waals surface area contributed by atoms with Gasteiger partial charge >= 0.3 is 20.2 Å². The molecule has 0 N–H and O–H groups in total. The van der Waals surface area contributed by atoms with Crippen LogP contribution in [0.25, 0.3) is 0 Å². The van der Waals surface area contributed by atoms with Crippen molar-refractivity contribution in [2.75, 3.05) is 33.5 Å². The number of carbonyl (C=O) groups is 3. The molecule has 0 amide bonds. The molecule has 1 atom stereocenters. The Balaban J connectivity index is 6.72. The predicted molar refractivity (Wildman–Crippen MR) is 108 cm³/mol. The molecule has 0 aromatic heterocycles. The summed E-state index contributed by atoms with van der Waals surface area (Å²) in [7, 11) is -3.39. The number of rotatable bonds is 16. The summed E-state index contributed by atoms with van der Waals surface area (Å²) in [6, 6.07) is 0. The zero-order valence-electron chi connectivity index (χ0n) is 19.1. The van der Waals surface area contributed by atoms with E-state index in [9.17, 15) is 14.4 Å². The molecule has 176 valence electrons. The van der Waals surface area contributed by atoms with Crippen LogP contribution in [0.5, 0.6) is 0 Å². The molecule has 0 saturated carbocycles. The van der Waals surface area contributed by atoms with Crippen LogP contribution in [-0.2, 0) is 46.6 Å². The molecule has 0 saturated heterocycles. The first-order valence-electron chi connectivity index (χ1n) is 10.1. The number of ether oxygens (including phenoxy) is 4. The summed E-state index contributed by atoms with van der Waals surface area (Å²) in [5, 5.41) is 0. The molecule has 0 fully saturated rings. The molecule has 0 bridgehead atoms. The van der Waals surface area contributed by atoms with E-state index in [0.717, 1.165) is 13.8 Å². The van der Waals surface area contributed by atoms with E-state index in [4.69, 9.17) is 32.2 Å². The quantitative estimate of drug-likeness (QED) is 0.255. The van der Waals surface area contributed by atoms with E-state index in [0.29, 0.717) is 25.9 Å². The average Bonchev–Trinajstić information content (AvgIpc) is 2.65. The summed E-state index contributed by atoms with van der Waals surface area (Å²) in [5.74, 6) is -2.57. The van der Waals surface area contributed by atoms with Gasteiger partial charge in [0.25, 0.3) is 11.9 Å². The zero-order valence-corrected chi connectivity index (χ0v) is 20.1. The van der Waals surface area contributed by atoms with Gasteiger partial charge in [0.2, 0.25) is 0 Å². The lowest BCUT2D eigenvalue weighted by Gasteiger charge is -2.44. The number of carbonyl (C=O) groups excluding carboxylic acids is 3. The van der Waals surface area contributed by atoms with E-state index in [2.05, 4.69) is 0 Å². The van der Waals surface area contributed by atoms with Crippen LogP contribution in [-0.4, -0.2) is 71.8 Å². The molecule has 0 rings (SSSR count). The van der Waals surface area contributed by atoms with Crippen molar-refractivity contribution in [1.82, 2.24) is 0 Å². The molecule has 0 heterocycles. The van der Waals surface area contributed by atoms with Gasteiger partial charge in [0, 0.05) is 40.8 Å². The van der Waals surface area contributed by atoms with Crippen molar-refractivity contribution in [3.05, 3.63) is 0 Å². The molecule has 0 aliphatic rings. The summed E-state index contributed by atoms with van der Waals surface area (Å²) in [5.41, 5.74) is -1.95. The maximum Gasteiger partial charge on any atom is 0.771 e. The molecule has 0 aromatic rings. The molecule has 0 spiro atoms. The monoisotopic (exact) mass is 452 g/mol. The highest BCUT2D eigenvalue weighted by atomic mass is 28.4. The largest absolute Gasteiger partial charge is 0.771 e. The fourth-order valence-electron chi connectivity index (χ4n) is 2.57. The van der Waals surface area contributed by atoms with Crippen molar-refractivity contribution in [3.8, 4) is 0 Å². The Morgan fingerprint density at radius 1 is 0.833 bits per heavy atom. The van der Waals surface area contributed by atoms with E-state index in [1.807, 2.05) is 20.8 Å². The van der Waals surface area contributed by atoms with Gasteiger partial charge in [-0.2, -0.15) is 0 Å². The Morgan fingerprint density at radius 2 is 1.30 bits per heavy atom. The molecule has 0 aromatic carbocycles. The second-order valence-electron chi connectivity index (χ2n) is 6.53. The van der Waals surface area contributed by atoms with E-state index in [-0.39, 0.29) is 13.2 Å². The van der Waals surface area contributed by atoms with Gasteiger partial charge in [-0.15, -0.1) is 0 Å². The highest BCUT2D eigenvalue weighted by Crippen LogP contribution is 2.36. The van der Waals surface area contributed by atoms with E-state index < -0.39 is 44.8 Å². The Kier molecular flexibility index (Phi) is 13.7. The van der Waals surface area contributed by atoms with Crippen molar-refractivity contribution < 1.29 is 46.6 Å². The Bertz CT molecular complexity index is 515. The van der Waals surface area contributed by atoms with Crippen molar-refractivity contribution in [1.29, 1.82) is 0 Å². The van der Waals surface area contributed by atoms with Gasteiger partial charge in [-0.1, -0.05) is 20.8 Å². The van der Waals surface area contributed by atoms with Crippen LogP contribution < -0.4 is 0 Å². The van der Waals surface area contributed by atoms with Crippen LogP contribution >= 0.6 is 0 Å². The summed E-state index contributed by atoms with van der Waals surface area (Å²) in [4.78, 5) is 36.5. The molecular weight excluding hydrogens is 416 g/mol. The minimum atomic E-state index is -4.69. The van der Waals surface area contributed by atoms with Gasteiger partial charge in [-0.05, 0) is 26.2 Å². The van der Waals surface area contributed by atoms with Gasteiger partial charge in [-0.25, -0.2) is 0 Å². The van der Waals surface area contributed by atoms with Crippen LogP contribution in [0.3, 0.4) is 0 Å². The topological polar surface area (TPSA) is 116 Å². The smallest absolute Gasteiger partial charge is 0.452 e. The zero-order chi connectivity index (χ0) is 23.2. The standard InChI is InChI=1S/C19H36O10Si/c1-8-11-24-15(4)19(25-12-9-2,26-13-10-3)30(27-16(5)20,28-17(6)21)29-18(22)14-23-7/h15H,8-14H2,1-7H3. The fraction of sp³-hybridized carbons (Fsp3) is 0.842. The summed E-state index contributed by atoms with van der Waals surface area (Å²) in [6.45, 7) is 9.62. The van der Waals surface area contributed by atoms with Crippen LogP contribution in [0, 0.1) is 0 Å². The summed E-state index contributed by atoms with van der Waals surface area (Å²) in [6.07, 6.45) is 0.903. The highest BCUT2D eigenvalue weighted by molar-refractivity contribution is 6.68. The van der Waals surface area contributed by atoms with Crippen molar-refractivity contribution >= 4 is 26.7 Å². The molecule has 0 aliphatic carbocycles. The van der Waals surface area contributed by atoms with Crippen molar-refractivity contribution in [2.24, 2.45) is 0 Å². The average molecular weight is 453 g/mol. The van der Waals surface area contributed by atoms with Crippen molar-refractivity contribution in [2.45, 2.75) is 72.3 Å². The molecule has 11 heteroatoms. The molecule has 1 unspecified atom stereocenters. The van der Waals surface area contributed by atoms with Gasteiger partial charge in [0.1, 0.15) is 12.7 Å². The summed E-state index contributed by atoms with van der Waals surface area (Å²) < 4.78 is 39.1. The molecule has 0 radical (unpaired) electrons. The first kappa shape index (κ1) is 28.5. The summed E-state index contributed by atoms with van der Waals surface area (Å²) >= 11 is 0. The fourth-order valence-corrected chi connectivity index (χ4v) is 5.37. The van der Waals surface area contributed by atoms with Crippen LogP contribution in [0.15, 0.2) is 0 Å². The third kappa shape index (κ3) is 8.30. The molecule has 0 aliphatic heterocycles. The molecule has 10 nitrogen and oxygen atoms in total. The minimum Gasteiger partial charge on any atom is -0.452 e. The van der Waals surface area contributed by atoms with E-state index in [1.54, 1.807) is 6.92 Å². The van der Waals surface area contributed by atoms with E-state index in [1.165, 1.54) is 7.11 Å². The lowest BCUT2D eigenvalue weighted by Crippen LogP contribution is -2.74. The van der Waals surface area contributed by atoms with Gasteiger partial charge in [0.05, 0.1) is 0 Å². The second-order valence-corrected chi connectivity index (χ2v) is 8.95. The predicted octanol–water partition coefficient (Wildman–Crippen LogP) is 2.14. The Hall–Kier alpha value is -1.53. The Morgan fingerprint density at radius 3 is 1.67 bits per heavy atom. The van der Waals surface area contributed by atoms with Gasteiger partial charge in [-0.3, -0.25) is 14.4 Å². The minimum absolute atomic E-state index is 0.142. The lowest BCUT2D eigenvalue weighted by molar-refractivity contribution is -0.269. The van der Waals surface area contributed by atoms with Gasteiger partial charge < -0.3 is 32.2 Å². The molecule has 30 heavy (non-hydrogen) atoms. The van der Waals surface area contributed by atoms with Crippen LogP contribution in [0.2, 0.25) is 0 Å². The third-order valence-corrected chi connectivity index (χ3v) is 6.80. The second kappa shape index (κ2) is 14.5. The van der Waals surface area contributed by atoms with Gasteiger partial charge in [0.15, 0.2) is 0 Å². The van der Waals surface area contributed by atoms with E-state index >= 15 is 0 Å². The number of methoxy groups -OCH3 is 1. The number of hydrogen-bond acceptors (Lipinski definition) is 10. The first-order chi connectivity index (χ1) is 14.1. The lowest BCUT2D eigenvalue weighted by atomic mass is 10.3. The van der Waals surface area contributed by atoms with Crippen LogP contribution in [0.1, 0.15) is 60.8 Å². The Labute approximate surface area is 179 Å². The highest BCUT2D eigenvalue weighted by Gasteiger charge is 2.76. The SMILES string of the molecule is CCCOC(C)C(OCCC)(OCCC)[Si](OC(C)=O)(OC(C)=O)OC(=O)COC.